The summed E-state index contributed by atoms with van der Waals surface area (Å²) in [6.07, 6.45) is 1.10. The number of likely N-dealkylation sites (tertiary alicyclic amines) is 1. The molecule has 0 saturated carbocycles. The number of hydrogen-bond acceptors (Lipinski definition) is 4. The van der Waals surface area contributed by atoms with Gasteiger partial charge in [0.25, 0.3) is 0 Å². The largest absolute Gasteiger partial charge is 0.351 e. The zero-order valence-corrected chi connectivity index (χ0v) is 10.9. The third-order valence-corrected chi connectivity index (χ3v) is 3.25. The lowest BCUT2D eigenvalue weighted by Gasteiger charge is -2.21. The van der Waals surface area contributed by atoms with Crippen molar-refractivity contribution in [2.24, 2.45) is 5.73 Å². The molecule has 0 bridgehead atoms. The highest BCUT2D eigenvalue weighted by Crippen LogP contribution is 2.23. The van der Waals surface area contributed by atoms with Gasteiger partial charge in [0.1, 0.15) is 6.04 Å². The highest BCUT2D eigenvalue weighted by atomic mass is 19.1. The summed E-state index contributed by atoms with van der Waals surface area (Å²) in [6.45, 7) is 0.386. The first-order valence-electron chi connectivity index (χ1n) is 6.21. The van der Waals surface area contributed by atoms with Gasteiger partial charge in [-0.25, -0.2) is 4.79 Å². The number of halogens is 1. The Labute approximate surface area is 118 Å². The van der Waals surface area contributed by atoms with Gasteiger partial charge in [-0.15, -0.1) is 0 Å². The average Bonchev–Trinajstić information content (AvgIpc) is 2.90. The quantitative estimate of drug-likeness (QED) is 0.643. The summed E-state index contributed by atoms with van der Waals surface area (Å²) in [5.41, 5.74) is 4.53. The van der Waals surface area contributed by atoms with E-state index < -0.39 is 34.4 Å². The zero-order valence-electron chi connectivity index (χ0n) is 10.9. The molecule has 0 aliphatic carbocycles. The summed E-state index contributed by atoms with van der Waals surface area (Å²) in [5, 5.41) is 13.1. The van der Waals surface area contributed by atoms with Gasteiger partial charge in [-0.05, 0) is 25.0 Å². The fourth-order valence-corrected chi connectivity index (χ4v) is 2.26. The number of nitro groups is 1. The van der Waals surface area contributed by atoms with E-state index in [0.717, 1.165) is 12.1 Å². The topological polar surface area (TPSA) is 119 Å². The fourth-order valence-electron chi connectivity index (χ4n) is 2.26. The van der Waals surface area contributed by atoms with E-state index in [4.69, 9.17) is 5.73 Å². The molecular formula is C12H13FN4O4. The van der Waals surface area contributed by atoms with Crippen molar-refractivity contribution in [3.8, 4) is 0 Å². The van der Waals surface area contributed by atoms with Crippen LogP contribution in [0.2, 0.25) is 0 Å². The Morgan fingerprint density at radius 2 is 2.19 bits per heavy atom. The van der Waals surface area contributed by atoms with Crippen LogP contribution in [0.5, 0.6) is 0 Å². The monoisotopic (exact) mass is 296 g/mol. The summed E-state index contributed by atoms with van der Waals surface area (Å²) >= 11 is 0. The SMILES string of the molecule is NC(=O)N1CCC[C@H]1C(=O)Nc1ccc(F)c([N+](=O)[O-])c1. The number of nitrogens with one attached hydrogen (secondary N) is 1. The van der Waals surface area contributed by atoms with Crippen molar-refractivity contribution in [1.82, 2.24) is 4.90 Å². The molecule has 1 atom stereocenters. The van der Waals surface area contributed by atoms with E-state index in [-0.39, 0.29) is 5.69 Å². The molecule has 3 N–H and O–H groups in total. The first-order valence-corrected chi connectivity index (χ1v) is 6.21. The lowest BCUT2D eigenvalue weighted by molar-refractivity contribution is -0.387. The van der Waals surface area contributed by atoms with Gasteiger partial charge < -0.3 is 16.0 Å². The third kappa shape index (κ3) is 3.07. The normalized spacial score (nSPS) is 17.6. The van der Waals surface area contributed by atoms with Crippen molar-refractivity contribution in [3.63, 3.8) is 0 Å². The predicted molar refractivity (Wildman–Crippen MR) is 71.0 cm³/mol. The standard InChI is InChI=1S/C12H13FN4O4/c13-8-4-3-7(6-10(8)17(20)21)15-11(18)9-2-1-5-16(9)12(14)19/h3-4,6,9H,1-2,5H2,(H2,14,19)(H,15,18)/t9-/m0/s1. The summed E-state index contributed by atoms with van der Waals surface area (Å²) < 4.78 is 13.2. The lowest BCUT2D eigenvalue weighted by Crippen LogP contribution is -2.45. The number of benzene rings is 1. The summed E-state index contributed by atoms with van der Waals surface area (Å²) in [4.78, 5) is 34.2. The van der Waals surface area contributed by atoms with E-state index in [1.165, 1.54) is 11.0 Å². The molecule has 1 saturated heterocycles. The molecule has 1 aliphatic heterocycles. The first-order chi connectivity index (χ1) is 9.90. The molecule has 112 valence electrons. The minimum atomic E-state index is -0.988. The van der Waals surface area contributed by atoms with Gasteiger partial charge in [0.05, 0.1) is 4.92 Å². The van der Waals surface area contributed by atoms with Gasteiger partial charge in [0, 0.05) is 18.3 Å². The molecule has 0 radical (unpaired) electrons. The Balaban J connectivity index is 2.14. The summed E-state index contributed by atoms with van der Waals surface area (Å²) in [5.74, 6) is -1.50. The number of amides is 3. The van der Waals surface area contributed by atoms with Crippen LogP contribution in [-0.4, -0.2) is 34.3 Å². The second-order valence-corrected chi connectivity index (χ2v) is 4.60. The maximum atomic E-state index is 13.2. The maximum absolute atomic E-state index is 13.2. The number of nitrogens with two attached hydrogens (primary N) is 1. The molecule has 3 amide bonds. The summed E-state index contributed by atoms with van der Waals surface area (Å²) in [7, 11) is 0. The smallest absolute Gasteiger partial charge is 0.315 e. The minimum Gasteiger partial charge on any atom is -0.351 e. The number of urea groups is 1. The van der Waals surface area contributed by atoms with Crippen LogP contribution in [0.4, 0.5) is 20.6 Å². The number of carbonyl (C=O) groups excluding carboxylic acids is 2. The molecule has 1 fully saturated rings. The van der Waals surface area contributed by atoms with Gasteiger partial charge in [0.2, 0.25) is 11.7 Å². The van der Waals surface area contributed by atoms with Crippen LogP contribution in [0.25, 0.3) is 0 Å². The Morgan fingerprint density at radius 3 is 2.81 bits per heavy atom. The Bertz CT molecular complexity index is 607. The molecule has 1 aromatic rings. The van der Waals surface area contributed by atoms with Crippen LogP contribution in [0.1, 0.15) is 12.8 Å². The highest BCUT2D eigenvalue weighted by Gasteiger charge is 2.33. The average molecular weight is 296 g/mol. The predicted octanol–water partition coefficient (Wildman–Crippen LogP) is 1.22. The second-order valence-electron chi connectivity index (χ2n) is 4.60. The minimum absolute atomic E-state index is 0.0874. The van der Waals surface area contributed by atoms with Crippen LogP contribution in [-0.2, 0) is 4.79 Å². The van der Waals surface area contributed by atoms with Gasteiger partial charge in [-0.1, -0.05) is 0 Å². The van der Waals surface area contributed by atoms with Crippen LogP contribution >= 0.6 is 0 Å². The molecule has 1 aromatic carbocycles. The van der Waals surface area contributed by atoms with E-state index >= 15 is 0 Å². The van der Waals surface area contributed by atoms with Crippen molar-refractivity contribution >= 4 is 23.3 Å². The number of primary amides is 1. The highest BCUT2D eigenvalue weighted by molar-refractivity contribution is 5.97. The van der Waals surface area contributed by atoms with Crippen LogP contribution in [0.15, 0.2) is 18.2 Å². The molecule has 8 nitrogen and oxygen atoms in total. The van der Waals surface area contributed by atoms with Gasteiger partial charge >= 0.3 is 11.7 Å². The van der Waals surface area contributed by atoms with E-state index in [1.54, 1.807) is 0 Å². The van der Waals surface area contributed by atoms with Crippen LogP contribution < -0.4 is 11.1 Å². The molecule has 1 heterocycles. The number of nitro benzene ring substituents is 1. The van der Waals surface area contributed by atoms with Gasteiger partial charge in [-0.3, -0.25) is 14.9 Å². The Kier molecular flexibility index (Phi) is 4.01. The van der Waals surface area contributed by atoms with Crippen LogP contribution in [0.3, 0.4) is 0 Å². The van der Waals surface area contributed by atoms with Crippen molar-refractivity contribution in [1.29, 1.82) is 0 Å². The van der Waals surface area contributed by atoms with Crippen LogP contribution in [0, 0.1) is 15.9 Å². The van der Waals surface area contributed by atoms with E-state index in [0.29, 0.717) is 19.4 Å². The number of rotatable bonds is 3. The molecular weight excluding hydrogens is 283 g/mol. The first kappa shape index (κ1) is 14.7. The zero-order chi connectivity index (χ0) is 15.6. The van der Waals surface area contributed by atoms with Crippen molar-refractivity contribution < 1.29 is 18.9 Å². The van der Waals surface area contributed by atoms with Gasteiger partial charge in [0.15, 0.2) is 0 Å². The maximum Gasteiger partial charge on any atom is 0.315 e. The molecule has 0 aromatic heterocycles. The van der Waals surface area contributed by atoms with Crippen molar-refractivity contribution in [2.45, 2.75) is 18.9 Å². The number of carbonyl (C=O) groups is 2. The van der Waals surface area contributed by atoms with E-state index in [1.807, 2.05) is 0 Å². The van der Waals surface area contributed by atoms with Crippen molar-refractivity contribution in [2.75, 3.05) is 11.9 Å². The fraction of sp³-hybridized carbons (Fsp3) is 0.333. The third-order valence-electron chi connectivity index (χ3n) is 3.25. The van der Waals surface area contributed by atoms with Gasteiger partial charge in [-0.2, -0.15) is 4.39 Å². The molecule has 0 unspecified atom stereocenters. The Hall–Kier alpha value is -2.71. The number of anilines is 1. The number of nitrogens with zero attached hydrogens (tertiary/aromatic N) is 2. The molecule has 9 heteroatoms. The molecule has 0 spiro atoms. The van der Waals surface area contributed by atoms with Crippen molar-refractivity contribution in [3.05, 3.63) is 34.1 Å². The molecule has 2 rings (SSSR count). The number of hydrogen-bond donors (Lipinski definition) is 2. The van der Waals surface area contributed by atoms with E-state index in [2.05, 4.69) is 5.32 Å². The lowest BCUT2D eigenvalue weighted by atomic mass is 10.2. The van der Waals surface area contributed by atoms with E-state index in [9.17, 15) is 24.1 Å². The Morgan fingerprint density at radius 1 is 1.48 bits per heavy atom. The molecule has 21 heavy (non-hydrogen) atoms. The summed E-state index contributed by atoms with van der Waals surface area (Å²) in [6, 6.07) is 1.62. The second kappa shape index (κ2) is 5.73. The molecule has 1 aliphatic rings.